The molecule has 2 aliphatic rings. The molecular formula is C23H31N5O. The molecule has 0 bridgehead atoms. The zero-order chi connectivity index (χ0) is 20.4. The molecule has 1 amide bonds. The Labute approximate surface area is 173 Å². The Bertz CT molecular complexity index is 846. The number of nitrogens with zero attached hydrogens (tertiary/aromatic N) is 4. The maximum absolute atomic E-state index is 12.1. The van der Waals surface area contributed by atoms with Gasteiger partial charge in [-0.25, -0.2) is 9.97 Å². The molecule has 2 heterocycles. The van der Waals surface area contributed by atoms with E-state index in [1.807, 2.05) is 49.7 Å². The van der Waals surface area contributed by atoms with Crippen LogP contribution in [0, 0.1) is 17.8 Å². The Morgan fingerprint density at radius 3 is 2.48 bits per heavy atom. The number of rotatable bonds is 6. The number of hydrogen-bond acceptors (Lipinski definition) is 5. The highest BCUT2D eigenvalue weighted by Gasteiger charge is 2.39. The van der Waals surface area contributed by atoms with E-state index in [2.05, 4.69) is 22.2 Å². The molecule has 4 rings (SSSR count). The summed E-state index contributed by atoms with van der Waals surface area (Å²) in [6.07, 6.45) is 11.1. The summed E-state index contributed by atoms with van der Waals surface area (Å²) in [5, 5.41) is 3.18. The molecule has 0 saturated heterocycles. The van der Waals surface area contributed by atoms with E-state index in [9.17, 15) is 4.79 Å². The van der Waals surface area contributed by atoms with Gasteiger partial charge in [0, 0.05) is 56.6 Å². The summed E-state index contributed by atoms with van der Waals surface area (Å²) in [7, 11) is 3.96. The average Bonchev–Trinajstić information content (AvgIpc) is 3.49. The predicted octanol–water partition coefficient (Wildman–Crippen LogP) is 3.65. The van der Waals surface area contributed by atoms with Gasteiger partial charge in [0.05, 0.1) is 5.69 Å². The molecule has 0 radical (unpaired) electrons. The minimum atomic E-state index is 0.256. The smallest absolute Gasteiger partial charge is 0.225 e. The normalized spacial score (nSPS) is 26.0. The van der Waals surface area contributed by atoms with Crippen molar-refractivity contribution in [3.63, 3.8) is 0 Å². The van der Waals surface area contributed by atoms with Crippen LogP contribution >= 0.6 is 0 Å². The van der Waals surface area contributed by atoms with Crippen molar-refractivity contribution in [2.24, 2.45) is 17.8 Å². The number of carbonyl (C=O) groups is 1. The van der Waals surface area contributed by atoms with Gasteiger partial charge in [0.15, 0.2) is 0 Å². The van der Waals surface area contributed by atoms with Gasteiger partial charge in [-0.1, -0.05) is 6.92 Å². The van der Waals surface area contributed by atoms with Crippen molar-refractivity contribution in [1.82, 2.24) is 20.3 Å². The van der Waals surface area contributed by atoms with Gasteiger partial charge in [-0.3, -0.25) is 9.78 Å². The number of carbonyl (C=O) groups excluding carboxylic acids is 1. The van der Waals surface area contributed by atoms with Crippen molar-refractivity contribution in [3.05, 3.63) is 36.4 Å². The Morgan fingerprint density at radius 1 is 1.17 bits per heavy atom. The minimum Gasteiger partial charge on any atom is -0.356 e. The fourth-order valence-electron chi connectivity index (χ4n) is 4.37. The summed E-state index contributed by atoms with van der Waals surface area (Å²) in [6.45, 7) is 2.97. The van der Waals surface area contributed by atoms with Crippen molar-refractivity contribution < 1.29 is 4.79 Å². The van der Waals surface area contributed by atoms with Gasteiger partial charge in [-0.2, -0.15) is 0 Å². The van der Waals surface area contributed by atoms with E-state index >= 15 is 0 Å². The number of nitrogens with one attached hydrogen (secondary N) is 1. The van der Waals surface area contributed by atoms with E-state index in [1.54, 1.807) is 0 Å². The summed E-state index contributed by atoms with van der Waals surface area (Å²) < 4.78 is 0. The second-order valence-electron chi connectivity index (χ2n) is 8.88. The van der Waals surface area contributed by atoms with Crippen LogP contribution in [0.15, 0.2) is 30.7 Å². The van der Waals surface area contributed by atoms with Crippen LogP contribution in [0.3, 0.4) is 0 Å². The molecule has 2 aliphatic carbocycles. The first kappa shape index (κ1) is 19.8. The van der Waals surface area contributed by atoms with Crippen LogP contribution in [0.1, 0.15) is 50.6 Å². The largest absolute Gasteiger partial charge is 0.356 e. The second kappa shape index (κ2) is 8.47. The van der Waals surface area contributed by atoms with Crippen LogP contribution in [-0.2, 0) is 4.79 Å². The summed E-state index contributed by atoms with van der Waals surface area (Å²) in [5.41, 5.74) is 3.37. The van der Waals surface area contributed by atoms with Gasteiger partial charge < -0.3 is 10.2 Å². The van der Waals surface area contributed by atoms with Crippen molar-refractivity contribution in [2.45, 2.75) is 44.9 Å². The summed E-state index contributed by atoms with van der Waals surface area (Å²) in [5.74, 6) is 2.84. The minimum absolute atomic E-state index is 0.256. The van der Waals surface area contributed by atoms with E-state index in [-0.39, 0.29) is 11.8 Å². The maximum Gasteiger partial charge on any atom is 0.225 e. The molecule has 6 nitrogen and oxygen atoms in total. The molecule has 0 spiro atoms. The van der Waals surface area contributed by atoms with E-state index in [0.29, 0.717) is 17.8 Å². The zero-order valence-corrected chi connectivity index (χ0v) is 17.6. The van der Waals surface area contributed by atoms with Crippen LogP contribution in [0.5, 0.6) is 0 Å². The monoisotopic (exact) mass is 393 g/mol. The van der Waals surface area contributed by atoms with E-state index in [0.717, 1.165) is 61.4 Å². The molecule has 29 heavy (non-hydrogen) atoms. The lowest BCUT2D eigenvalue weighted by Crippen LogP contribution is -2.32. The third-order valence-electron chi connectivity index (χ3n) is 6.44. The molecule has 2 atom stereocenters. The highest BCUT2D eigenvalue weighted by Crippen LogP contribution is 2.40. The fraction of sp³-hybridized carbons (Fsp3) is 0.565. The van der Waals surface area contributed by atoms with Gasteiger partial charge in [-0.15, -0.1) is 0 Å². The molecule has 0 aliphatic heterocycles. The first-order valence-electron chi connectivity index (χ1n) is 10.7. The SMILES string of the molecule is C[C@@H]1C[C@H]1C(=O)NCC1CCC(c2nc(N(C)C)ncc2-c2ccncc2)CC1. The number of amides is 1. The summed E-state index contributed by atoms with van der Waals surface area (Å²) in [4.78, 5) is 27.7. The van der Waals surface area contributed by atoms with Crippen LogP contribution in [0.2, 0.25) is 0 Å². The molecule has 2 saturated carbocycles. The van der Waals surface area contributed by atoms with E-state index in [4.69, 9.17) is 4.98 Å². The van der Waals surface area contributed by atoms with Crippen LogP contribution in [0.4, 0.5) is 5.95 Å². The van der Waals surface area contributed by atoms with Gasteiger partial charge in [0.25, 0.3) is 0 Å². The van der Waals surface area contributed by atoms with Crippen LogP contribution in [0.25, 0.3) is 11.1 Å². The van der Waals surface area contributed by atoms with Crippen molar-refractivity contribution >= 4 is 11.9 Å². The first-order valence-corrected chi connectivity index (χ1v) is 10.7. The highest BCUT2D eigenvalue weighted by molar-refractivity contribution is 5.81. The van der Waals surface area contributed by atoms with Gasteiger partial charge in [0.2, 0.25) is 11.9 Å². The predicted molar refractivity (Wildman–Crippen MR) is 115 cm³/mol. The van der Waals surface area contributed by atoms with Crippen LogP contribution < -0.4 is 10.2 Å². The lowest BCUT2D eigenvalue weighted by Gasteiger charge is -2.30. The van der Waals surface area contributed by atoms with Crippen molar-refractivity contribution in [1.29, 1.82) is 0 Å². The Balaban J connectivity index is 1.44. The summed E-state index contributed by atoms with van der Waals surface area (Å²) >= 11 is 0. The molecular weight excluding hydrogens is 362 g/mol. The van der Waals surface area contributed by atoms with Gasteiger partial charge >= 0.3 is 0 Å². The van der Waals surface area contributed by atoms with Gasteiger partial charge in [-0.05, 0) is 61.6 Å². The maximum atomic E-state index is 12.1. The Kier molecular flexibility index (Phi) is 5.79. The van der Waals surface area contributed by atoms with Crippen molar-refractivity contribution in [3.8, 4) is 11.1 Å². The number of pyridine rings is 1. The molecule has 2 fully saturated rings. The molecule has 0 unspecified atom stereocenters. The lowest BCUT2D eigenvalue weighted by molar-refractivity contribution is -0.122. The topological polar surface area (TPSA) is 71.0 Å². The van der Waals surface area contributed by atoms with E-state index < -0.39 is 0 Å². The first-order chi connectivity index (χ1) is 14.0. The quantitative estimate of drug-likeness (QED) is 0.811. The molecule has 154 valence electrons. The zero-order valence-electron chi connectivity index (χ0n) is 17.6. The summed E-state index contributed by atoms with van der Waals surface area (Å²) in [6, 6.07) is 4.05. The lowest BCUT2D eigenvalue weighted by atomic mass is 9.79. The number of aromatic nitrogens is 3. The van der Waals surface area contributed by atoms with E-state index in [1.165, 1.54) is 0 Å². The molecule has 1 N–H and O–H groups in total. The third-order valence-corrected chi connectivity index (χ3v) is 6.44. The molecule has 2 aromatic rings. The fourth-order valence-corrected chi connectivity index (χ4v) is 4.37. The highest BCUT2D eigenvalue weighted by atomic mass is 16.2. The number of anilines is 1. The number of hydrogen-bond donors (Lipinski definition) is 1. The molecule has 6 heteroatoms. The average molecular weight is 394 g/mol. The standard InChI is InChI=1S/C23H31N5O/c1-15-12-19(15)22(29)25-13-16-4-6-18(7-5-16)21-20(17-8-10-24-11-9-17)14-26-23(27-21)28(2)3/h8-11,14-16,18-19H,4-7,12-13H2,1-3H3,(H,25,29)/t15-,16?,18?,19-/m1/s1. The van der Waals surface area contributed by atoms with Gasteiger partial charge in [0.1, 0.15) is 0 Å². The molecule has 0 aromatic carbocycles. The van der Waals surface area contributed by atoms with Crippen LogP contribution in [-0.4, -0.2) is 41.5 Å². The molecule has 2 aromatic heterocycles. The van der Waals surface area contributed by atoms with Crippen molar-refractivity contribution in [2.75, 3.05) is 25.5 Å². The Morgan fingerprint density at radius 2 is 1.86 bits per heavy atom. The third kappa shape index (κ3) is 4.57. The Hall–Kier alpha value is -2.50. The second-order valence-corrected chi connectivity index (χ2v) is 8.88.